The summed E-state index contributed by atoms with van der Waals surface area (Å²) in [6, 6.07) is 3.84. The van der Waals surface area contributed by atoms with Gasteiger partial charge in [-0.25, -0.2) is 4.98 Å². The van der Waals surface area contributed by atoms with Crippen LogP contribution in [0.5, 0.6) is 0 Å². The molecule has 2 aromatic rings. The molecular weight excluding hydrogens is 338 g/mol. The Kier molecular flexibility index (Phi) is 5.46. The van der Waals surface area contributed by atoms with E-state index in [0.29, 0.717) is 17.5 Å². The molecule has 3 rings (SSSR count). The summed E-state index contributed by atoms with van der Waals surface area (Å²) >= 11 is 9.02. The SMILES string of the molecule is O=C(CCc1ccc(Cl)s1)Nc1ncc(C2CCNCC2)s1. The first-order valence-corrected chi connectivity index (χ1v) is 9.42. The first-order chi connectivity index (χ1) is 10.7. The number of hydrogen-bond acceptors (Lipinski definition) is 5. The van der Waals surface area contributed by atoms with E-state index in [4.69, 9.17) is 11.6 Å². The van der Waals surface area contributed by atoms with Crippen molar-refractivity contribution in [3.63, 3.8) is 0 Å². The van der Waals surface area contributed by atoms with Crippen molar-refractivity contribution in [1.82, 2.24) is 10.3 Å². The van der Waals surface area contributed by atoms with Crippen LogP contribution in [-0.2, 0) is 11.2 Å². The van der Waals surface area contributed by atoms with Gasteiger partial charge in [0.05, 0.1) is 4.34 Å². The quantitative estimate of drug-likeness (QED) is 0.855. The third-order valence-corrected chi connectivity index (χ3v) is 6.10. The van der Waals surface area contributed by atoms with Gasteiger partial charge < -0.3 is 10.6 Å². The number of carbonyl (C=O) groups is 1. The van der Waals surface area contributed by atoms with Crippen molar-refractivity contribution in [1.29, 1.82) is 0 Å². The predicted octanol–water partition coefficient (Wildman–Crippen LogP) is 3.90. The Balaban J connectivity index is 1.50. The molecular formula is C15H18ClN3OS2. The van der Waals surface area contributed by atoms with Crippen LogP contribution in [0.3, 0.4) is 0 Å². The monoisotopic (exact) mass is 355 g/mol. The number of aryl methyl sites for hydroxylation is 1. The van der Waals surface area contributed by atoms with Crippen molar-refractivity contribution < 1.29 is 4.79 Å². The fourth-order valence-electron chi connectivity index (χ4n) is 2.54. The van der Waals surface area contributed by atoms with Crippen molar-refractivity contribution in [2.24, 2.45) is 0 Å². The van der Waals surface area contributed by atoms with Gasteiger partial charge in [0.2, 0.25) is 5.91 Å². The normalized spacial score (nSPS) is 15.9. The maximum absolute atomic E-state index is 12.0. The molecule has 2 N–H and O–H groups in total. The minimum atomic E-state index is 0.00994. The second-order valence-corrected chi connectivity index (χ2v) is 8.21. The summed E-state index contributed by atoms with van der Waals surface area (Å²) in [6.45, 7) is 2.13. The van der Waals surface area contributed by atoms with E-state index in [1.54, 1.807) is 11.3 Å². The highest BCUT2D eigenvalue weighted by atomic mass is 35.5. The average molecular weight is 356 g/mol. The topological polar surface area (TPSA) is 54.0 Å². The highest BCUT2D eigenvalue weighted by Crippen LogP contribution is 2.31. The number of amides is 1. The zero-order valence-corrected chi connectivity index (χ0v) is 14.5. The number of thiophene rings is 1. The summed E-state index contributed by atoms with van der Waals surface area (Å²) < 4.78 is 0.766. The number of hydrogen-bond donors (Lipinski definition) is 2. The molecule has 1 aliphatic rings. The Morgan fingerprint density at radius 3 is 2.91 bits per heavy atom. The molecule has 0 atom stereocenters. The number of nitrogens with one attached hydrogen (secondary N) is 2. The lowest BCUT2D eigenvalue weighted by Gasteiger charge is -2.20. The lowest BCUT2D eigenvalue weighted by atomic mass is 9.97. The maximum Gasteiger partial charge on any atom is 0.226 e. The van der Waals surface area contributed by atoms with Crippen LogP contribution in [0.2, 0.25) is 4.34 Å². The van der Waals surface area contributed by atoms with Gasteiger partial charge in [-0.05, 0) is 50.4 Å². The minimum Gasteiger partial charge on any atom is -0.317 e. The molecule has 4 nitrogen and oxygen atoms in total. The van der Waals surface area contributed by atoms with Crippen molar-refractivity contribution >= 4 is 45.3 Å². The minimum absolute atomic E-state index is 0.00994. The molecule has 1 aliphatic heterocycles. The van der Waals surface area contributed by atoms with Gasteiger partial charge in [-0.15, -0.1) is 22.7 Å². The number of halogens is 1. The molecule has 1 fully saturated rings. The van der Waals surface area contributed by atoms with Crippen LogP contribution in [0.4, 0.5) is 5.13 Å². The third kappa shape index (κ3) is 4.29. The first-order valence-electron chi connectivity index (χ1n) is 7.41. The van der Waals surface area contributed by atoms with Gasteiger partial charge in [-0.1, -0.05) is 11.6 Å². The number of nitrogens with zero attached hydrogens (tertiary/aromatic N) is 1. The fourth-order valence-corrected chi connectivity index (χ4v) is 4.63. The van der Waals surface area contributed by atoms with Crippen LogP contribution >= 0.6 is 34.3 Å². The Morgan fingerprint density at radius 1 is 1.36 bits per heavy atom. The van der Waals surface area contributed by atoms with Gasteiger partial charge in [0.1, 0.15) is 0 Å². The van der Waals surface area contributed by atoms with Gasteiger partial charge in [0, 0.05) is 22.4 Å². The lowest BCUT2D eigenvalue weighted by Crippen LogP contribution is -2.26. The zero-order chi connectivity index (χ0) is 15.4. The number of thiazole rings is 1. The van der Waals surface area contributed by atoms with E-state index in [0.717, 1.165) is 41.6 Å². The highest BCUT2D eigenvalue weighted by molar-refractivity contribution is 7.16. The zero-order valence-electron chi connectivity index (χ0n) is 12.1. The number of rotatable bonds is 5. The van der Waals surface area contributed by atoms with Crippen LogP contribution < -0.4 is 10.6 Å². The average Bonchev–Trinajstić information content (AvgIpc) is 3.15. The molecule has 0 saturated carbocycles. The summed E-state index contributed by atoms with van der Waals surface area (Å²) in [5.74, 6) is 0.591. The first kappa shape index (κ1) is 15.9. The van der Waals surface area contributed by atoms with Crippen LogP contribution in [0, 0.1) is 0 Å². The molecule has 118 valence electrons. The molecule has 3 heterocycles. The Morgan fingerprint density at radius 2 is 2.18 bits per heavy atom. The Bertz CT molecular complexity index is 634. The van der Waals surface area contributed by atoms with E-state index in [1.165, 1.54) is 16.2 Å². The summed E-state index contributed by atoms with van der Waals surface area (Å²) in [4.78, 5) is 18.7. The van der Waals surface area contributed by atoms with Crippen molar-refractivity contribution in [3.8, 4) is 0 Å². The molecule has 0 radical (unpaired) electrons. The number of piperidine rings is 1. The molecule has 0 unspecified atom stereocenters. The number of aromatic nitrogens is 1. The maximum atomic E-state index is 12.0. The molecule has 7 heteroatoms. The predicted molar refractivity (Wildman–Crippen MR) is 93.2 cm³/mol. The molecule has 0 bridgehead atoms. The van der Waals surface area contributed by atoms with Crippen molar-refractivity contribution in [3.05, 3.63) is 32.4 Å². The van der Waals surface area contributed by atoms with Gasteiger partial charge in [-0.2, -0.15) is 0 Å². The van der Waals surface area contributed by atoms with E-state index >= 15 is 0 Å². The van der Waals surface area contributed by atoms with Gasteiger partial charge >= 0.3 is 0 Å². The van der Waals surface area contributed by atoms with Crippen LogP contribution in [0.1, 0.15) is 34.9 Å². The van der Waals surface area contributed by atoms with Gasteiger partial charge in [0.15, 0.2) is 5.13 Å². The Hall–Kier alpha value is -0.950. The third-order valence-electron chi connectivity index (χ3n) is 3.74. The summed E-state index contributed by atoms with van der Waals surface area (Å²) in [6.07, 6.45) is 5.38. The molecule has 0 aliphatic carbocycles. The van der Waals surface area contributed by atoms with Crippen LogP contribution in [0.25, 0.3) is 0 Å². The second kappa shape index (κ2) is 7.55. The van der Waals surface area contributed by atoms with Gasteiger partial charge in [-0.3, -0.25) is 4.79 Å². The standard InChI is InChI=1S/C15H18ClN3OS2/c16-13-3-1-11(21-13)2-4-14(20)19-15-18-9-12(22-15)10-5-7-17-8-6-10/h1,3,9-10,17H,2,4-8H2,(H,18,19,20). The molecule has 2 aromatic heterocycles. The van der Waals surface area contributed by atoms with Crippen molar-refractivity contribution in [2.45, 2.75) is 31.6 Å². The van der Waals surface area contributed by atoms with E-state index in [2.05, 4.69) is 15.6 Å². The molecule has 0 aromatic carbocycles. The number of anilines is 1. The van der Waals surface area contributed by atoms with Crippen LogP contribution in [0.15, 0.2) is 18.3 Å². The second-order valence-electron chi connectivity index (χ2n) is 5.35. The smallest absolute Gasteiger partial charge is 0.226 e. The van der Waals surface area contributed by atoms with E-state index in [9.17, 15) is 4.79 Å². The number of carbonyl (C=O) groups excluding carboxylic acids is 1. The summed E-state index contributed by atoms with van der Waals surface area (Å²) in [5.41, 5.74) is 0. The molecule has 22 heavy (non-hydrogen) atoms. The Labute approximate surface area is 142 Å². The highest BCUT2D eigenvalue weighted by Gasteiger charge is 2.18. The molecule has 1 saturated heterocycles. The fraction of sp³-hybridized carbons (Fsp3) is 0.467. The van der Waals surface area contributed by atoms with Crippen LogP contribution in [-0.4, -0.2) is 24.0 Å². The molecule has 0 spiro atoms. The van der Waals surface area contributed by atoms with Crippen molar-refractivity contribution in [2.75, 3.05) is 18.4 Å². The lowest BCUT2D eigenvalue weighted by molar-refractivity contribution is -0.116. The largest absolute Gasteiger partial charge is 0.317 e. The van der Waals surface area contributed by atoms with E-state index in [-0.39, 0.29) is 5.91 Å². The van der Waals surface area contributed by atoms with E-state index in [1.807, 2.05) is 18.3 Å². The summed E-state index contributed by atoms with van der Waals surface area (Å²) in [5, 5.41) is 6.98. The van der Waals surface area contributed by atoms with E-state index < -0.39 is 0 Å². The molecule has 1 amide bonds. The summed E-state index contributed by atoms with van der Waals surface area (Å²) in [7, 11) is 0. The van der Waals surface area contributed by atoms with Gasteiger partial charge in [0.25, 0.3) is 0 Å².